The summed E-state index contributed by atoms with van der Waals surface area (Å²) in [7, 11) is 0. The van der Waals surface area contributed by atoms with Gasteiger partial charge in [-0.25, -0.2) is 9.59 Å². The summed E-state index contributed by atoms with van der Waals surface area (Å²) in [5.74, 6) is -12.6. The van der Waals surface area contributed by atoms with Crippen LogP contribution in [0.1, 0.15) is 33.6 Å². The fourth-order valence-corrected chi connectivity index (χ4v) is 6.56. The molecule has 3 saturated heterocycles. The highest BCUT2D eigenvalue weighted by Gasteiger charge is 2.61. The van der Waals surface area contributed by atoms with E-state index in [-0.39, 0.29) is 0 Å². The molecule has 0 aromatic carbocycles. The number of carbonyl (C=O) groups excluding carboxylic acids is 3. The molecule has 0 saturated carbocycles. The van der Waals surface area contributed by atoms with E-state index >= 15 is 0 Å². The highest BCUT2D eigenvalue weighted by Crippen LogP contribution is 2.38. The van der Waals surface area contributed by atoms with Crippen LogP contribution in [0.15, 0.2) is 0 Å². The normalized spacial score (nSPS) is 38.8. The maximum absolute atomic E-state index is 12.8. The third-order valence-corrected chi connectivity index (χ3v) is 9.24. The zero-order valence-corrected chi connectivity index (χ0v) is 29.6. The second-order valence-electron chi connectivity index (χ2n) is 13.4. The van der Waals surface area contributed by atoms with Crippen molar-refractivity contribution in [3.05, 3.63) is 0 Å². The van der Waals surface area contributed by atoms with Crippen LogP contribution in [0.4, 0.5) is 0 Å². The molecule has 3 aliphatic rings. The van der Waals surface area contributed by atoms with E-state index in [2.05, 4.69) is 16.0 Å². The lowest BCUT2D eigenvalue weighted by Crippen LogP contribution is -2.72. The number of ether oxygens (including phenoxy) is 5. The van der Waals surface area contributed by atoms with Crippen molar-refractivity contribution >= 4 is 29.7 Å². The Morgan fingerprint density at radius 2 is 1.09 bits per heavy atom. The average molecular weight is 804 g/mol. The maximum Gasteiger partial charge on any atom is 0.364 e. The van der Waals surface area contributed by atoms with E-state index in [0.29, 0.717) is 0 Å². The molecule has 25 heteroatoms. The number of carboxylic acids is 2. The van der Waals surface area contributed by atoms with Gasteiger partial charge in [0, 0.05) is 33.6 Å². The molecule has 25 nitrogen and oxygen atoms in total. The van der Waals surface area contributed by atoms with Crippen LogP contribution in [0.2, 0.25) is 0 Å². The molecule has 17 atom stereocenters. The van der Waals surface area contributed by atoms with E-state index in [1.165, 1.54) is 0 Å². The molecule has 0 bridgehead atoms. The summed E-state index contributed by atoms with van der Waals surface area (Å²) < 4.78 is 27.7. The molecule has 3 amide bonds. The molecule has 3 aliphatic heterocycles. The first kappa shape index (κ1) is 46.1. The number of carboxylic acid groups (broad SMARTS) is 2. The van der Waals surface area contributed by atoms with Gasteiger partial charge in [0.05, 0.1) is 44.1 Å². The molecule has 0 aliphatic carbocycles. The second kappa shape index (κ2) is 18.8. The minimum Gasteiger partial charge on any atom is -0.477 e. The van der Waals surface area contributed by atoms with Gasteiger partial charge in [0.15, 0.2) is 6.29 Å². The fourth-order valence-electron chi connectivity index (χ4n) is 6.56. The van der Waals surface area contributed by atoms with Crippen LogP contribution >= 0.6 is 0 Å². The molecule has 15 N–H and O–H groups in total. The maximum atomic E-state index is 12.8. The summed E-state index contributed by atoms with van der Waals surface area (Å²) >= 11 is 0. The van der Waals surface area contributed by atoms with Crippen LogP contribution in [-0.2, 0) is 47.7 Å². The molecule has 3 fully saturated rings. The topological polar surface area (TPSA) is 410 Å². The SMILES string of the molecule is CC(=O)N[C@@H]1[C@@H](O[C@]2(C(=O)O)C[C@H](O)[C@@H](NC(C)=O)[C@H]([C@H](O)[C@H](O)CO)O2)[C@@H](O)[C@@H](CO[C@]2(C(=O)O)C[C@H](O)[C@@H](NC(C)=O)[C@H]([C@H](O)[C@H](O)CO)O2)O[C@H]1O. The highest BCUT2D eigenvalue weighted by atomic mass is 16.8. The Labute approximate surface area is 311 Å². The summed E-state index contributed by atoms with van der Waals surface area (Å²) in [4.78, 5) is 61.3. The van der Waals surface area contributed by atoms with E-state index < -0.39 is 165 Å². The van der Waals surface area contributed by atoms with Gasteiger partial charge < -0.3 is 101 Å². The van der Waals surface area contributed by atoms with Crippen LogP contribution in [-0.4, -0.2) is 214 Å². The first-order valence-electron chi connectivity index (χ1n) is 16.8. The summed E-state index contributed by atoms with van der Waals surface area (Å²) in [6.07, 6.45) is -26.8. The first-order chi connectivity index (χ1) is 25.5. The van der Waals surface area contributed by atoms with Crippen LogP contribution in [0.25, 0.3) is 0 Å². The number of rotatable bonds is 16. The highest BCUT2D eigenvalue weighted by molar-refractivity contribution is 5.77. The minimum atomic E-state index is -3.13. The monoisotopic (exact) mass is 803 g/mol. The van der Waals surface area contributed by atoms with Crippen molar-refractivity contribution in [2.24, 2.45) is 0 Å². The Hall–Kier alpha value is -3.25. The molecular formula is C30H49N3O22. The third-order valence-electron chi connectivity index (χ3n) is 9.24. The van der Waals surface area contributed by atoms with Crippen LogP contribution in [0.3, 0.4) is 0 Å². The Morgan fingerprint density at radius 3 is 1.49 bits per heavy atom. The molecule has 0 radical (unpaired) electrons. The van der Waals surface area contributed by atoms with E-state index in [0.717, 1.165) is 20.8 Å². The zero-order valence-electron chi connectivity index (χ0n) is 29.6. The number of hydrogen-bond acceptors (Lipinski definition) is 20. The molecule has 0 spiro atoms. The smallest absolute Gasteiger partial charge is 0.364 e. The Balaban J connectivity index is 2.01. The van der Waals surface area contributed by atoms with Gasteiger partial charge in [0.25, 0.3) is 11.6 Å². The number of aliphatic hydroxyl groups excluding tert-OH is 10. The van der Waals surface area contributed by atoms with Gasteiger partial charge >= 0.3 is 11.9 Å². The van der Waals surface area contributed by atoms with Gasteiger partial charge in [-0.2, -0.15) is 0 Å². The summed E-state index contributed by atoms with van der Waals surface area (Å²) in [6.45, 7) is -0.326. The molecule has 0 unspecified atom stereocenters. The second-order valence-corrected chi connectivity index (χ2v) is 13.4. The minimum absolute atomic E-state index is 0.774. The van der Waals surface area contributed by atoms with Gasteiger partial charge in [-0.1, -0.05) is 0 Å². The van der Waals surface area contributed by atoms with Crippen LogP contribution in [0.5, 0.6) is 0 Å². The lowest BCUT2D eigenvalue weighted by Gasteiger charge is -2.50. The predicted octanol–water partition coefficient (Wildman–Crippen LogP) is -8.73. The third kappa shape index (κ3) is 10.4. The Kier molecular flexibility index (Phi) is 15.8. The van der Waals surface area contributed by atoms with Gasteiger partial charge in [0.2, 0.25) is 17.7 Å². The molecule has 3 rings (SSSR count). The van der Waals surface area contributed by atoms with E-state index in [9.17, 15) is 85.3 Å². The van der Waals surface area contributed by atoms with Gasteiger partial charge in [-0.15, -0.1) is 0 Å². The number of amides is 3. The molecule has 55 heavy (non-hydrogen) atoms. The number of hydrogen-bond donors (Lipinski definition) is 15. The number of aliphatic carboxylic acids is 2. The number of nitrogens with one attached hydrogen (secondary N) is 3. The van der Waals surface area contributed by atoms with Gasteiger partial charge in [-0.3, -0.25) is 14.4 Å². The zero-order chi connectivity index (χ0) is 41.7. The van der Waals surface area contributed by atoms with Gasteiger partial charge in [-0.05, 0) is 0 Å². The van der Waals surface area contributed by atoms with Gasteiger partial charge in [0.1, 0.15) is 61.0 Å². The predicted molar refractivity (Wildman–Crippen MR) is 170 cm³/mol. The lowest BCUT2D eigenvalue weighted by molar-refractivity contribution is -0.359. The number of carbonyl (C=O) groups is 5. The van der Waals surface area contributed by atoms with Crippen molar-refractivity contribution in [1.82, 2.24) is 16.0 Å². The Bertz CT molecular complexity index is 1380. The molecule has 0 aromatic heterocycles. The summed E-state index contributed by atoms with van der Waals surface area (Å²) in [6, 6.07) is -5.05. The van der Waals surface area contributed by atoms with Crippen LogP contribution in [0, 0.1) is 0 Å². The van der Waals surface area contributed by atoms with E-state index in [1.807, 2.05) is 0 Å². The molecule has 3 heterocycles. The van der Waals surface area contributed by atoms with Crippen molar-refractivity contribution in [2.45, 2.75) is 137 Å². The van der Waals surface area contributed by atoms with Crippen LogP contribution < -0.4 is 16.0 Å². The average Bonchev–Trinajstić information content (AvgIpc) is 3.10. The van der Waals surface area contributed by atoms with Crippen molar-refractivity contribution < 1.29 is 109 Å². The largest absolute Gasteiger partial charge is 0.477 e. The van der Waals surface area contributed by atoms with Crippen molar-refractivity contribution in [2.75, 3.05) is 19.8 Å². The Morgan fingerprint density at radius 1 is 0.691 bits per heavy atom. The molecule has 0 aromatic rings. The van der Waals surface area contributed by atoms with E-state index in [4.69, 9.17) is 23.7 Å². The van der Waals surface area contributed by atoms with Crippen molar-refractivity contribution in [1.29, 1.82) is 0 Å². The molecule has 316 valence electrons. The van der Waals surface area contributed by atoms with Crippen molar-refractivity contribution in [3.8, 4) is 0 Å². The first-order valence-corrected chi connectivity index (χ1v) is 16.8. The quantitative estimate of drug-likeness (QED) is 0.0689. The number of aliphatic hydroxyl groups is 10. The standard InChI is InChI=1S/C30H49N3O22/c1-9(36)31-17-12(39)4-29(27(47)48,53-23(17)20(43)14(41)6-34)51-8-16-22(45)25(19(26(46)52-16)33-11(3)38)55-30(28(49)50)5-13(40)18(32-10(2)37)24(54-30)21(44)15(42)7-35/h12-26,34-35,39-46H,4-8H2,1-3H3,(H,31,36)(H,32,37)(H,33,38)(H,47,48)(H,49,50)/t12-,13-,14+,15+,16+,17+,18+,19+,20+,21+,22-,23+,24+,25+,26+,29+,30-/m0/s1. The van der Waals surface area contributed by atoms with E-state index in [1.54, 1.807) is 0 Å². The summed E-state index contributed by atoms with van der Waals surface area (Å²) in [5, 5.41) is 132. The summed E-state index contributed by atoms with van der Waals surface area (Å²) in [5.41, 5.74) is 0. The van der Waals surface area contributed by atoms with Crippen molar-refractivity contribution in [3.63, 3.8) is 0 Å². The fraction of sp³-hybridized carbons (Fsp3) is 0.833. The molecular weight excluding hydrogens is 754 g/mol. The lowest BCUT2D eigenvalue weighted by atomic mass is 9.87.